The Labute approximate surface area is 460 Å². The van der Waals surface area contributed by atoms with Crippen LogP contribution in [0.5, 0.6) is 0 Å². The first-order valence-electron chi connectivity index (χ1n) is 32.6. The summed E-state index contributed by atoms with van der Waals surface area (Å²) in [6.45, 7) is 4.88. The van der Waals surface area contributed by atoms with Gasteiger partial charge in [-0.3, -0.25) is 9.59 Å². The number of unbranched alkanes of at least 4 members (excludes halogenated alkanes) is 41. The van der Waals surface area contributed by atoms with Gasteiger partial charge in [0.25, 0.3) is 0 Å². The van der Waals surface area contributed by atoms with Crippen LogP contribution >= 0.6 is 0 Å². The molecule has 0 saturated carbocycles. The van der Waals surface area contributed by atoms with E-state index in [1.807, 2.05) is 6.08 Å². The predicted molar refractivity (Wildman–Crippen MR) is 324 cm³/mol. The molecule has 0 aromatic carbocycles. The average Bonchev–Trinajstić information content (AvgIpc) is 3.40. The van der Waals surface area contributed by atoms with Gasteiger partial charge >= 0.3 is 5.97 Å². The lowest BCUT2D eigenvalue weighted by atomic mass is 10.0. The highest BCUT2D eigenvalue weighted by Crippen LogP contribution is 2.17. The third kappa shape index (κ3) is 58.8. The minimum atomic E-state index is -0.850. The molecule has 0 rings (SSSR count). The Hall–Kier alpha value is -2.44. The van der Waals surface area contributed by atoms with Crippen LogP contribution in [0.15, 0.2) is 60.8 Å². The SMILES string of the molecule is CCCCC/C=C\C/C=C\CCCCCCCC(=O)OCCCCCCCCCCC/C=C\C/C=C\CCCCCCCCCCCC(=O)NC(CO)C(O)/C=C/CCCCCCCCCCCCCCCCC. The summed E-state index contributed by atoms with van der Waals surface area (Å²) in [5.74, 6) is -0.0791. The van der Waals surface area contributed by atoms with E-state index in [0.29, 0.717) is 19.4 Å². The van der Waals surface area contributed by atoms with Crippen LogP contribution < -0.4 is 5.32 Å². The fourth-order valence-corrected chi connectivity index (χ4v) is 9.75. The molecule has 0 aliphatic carbocycles. The van der Waals surface area contributed by atoms with E-state index in [0.717, 1.165) is 57.8 Å². The van der Waals surface area contributed by atoms with Crippen LogP contribution in [-0.4, -0.2) is 47.4 Å². The number of aliphatic hydroxyl groups is 2. The molecule has 0 aliphatic rings. The number of allylic oxidation sites excluding steroid dienone is 9. The number of esters is 1. The zero-order valence-corrected chi connectivity index (χ0v) is 49.3. The summed E-state index contributed by atoms with van der Waals surface area (Å²) in [6.07, 6.45) is 82.7. The Balaban J connectivity index is 3.47. The van der Waals surface area contributed by atoms with Crippen molar-refractivity contribution in [1.82, 2.24) is 5.32 Å². The van der Waals surface area contributed by atoms with E-state index in [-0.39, 0.29) is 18.5 Å². The molecule has 0 heterocycles. The number of carbonyl (C=O) groups excluding carboxylic acids is 2. The molecule has 6 nitrogen and oxygen atoms in total. The average molecular weight is 1040 g/mol. The van der Waals surface area contributed by atoms with Gasteiger partial charge in [-0.25, -0.2) is 0 Å². The number of carbonyl (C=O) groups is 2. The Bertz CT molecular complexity index is 1290. The smallest absolute Gasteiger partial charge is 0.305 e. The molecule has 0 aromatic rings. The van der Waals surface area contributed by atoms with Gasteiger partial charge in [0, 0.05) is 12.8 Å². The van der Waals surface area contributed by atoms with Gasteiger partial charge in [-0.1, -0.05) is 286 Å². The van der Waals surface area contributed by atoms with Gasteiger partial charge in [0.2, 0.25) is 5.91 Å². The number of hydrogen-bond acceptors (Lipinski definition) is 5. The number of hydrogen-bond donors (Lipinski definition) is 3. The summed E-state index contributed by atoms with van der Waals surface area (Å²) < 4.78 is 5.47. The van der Waals surface area contributed by atoms with Crippen molar-refractivity contribution < 1.29 is 24.5 Å². The van der Waals surface area contributed by atoms with E-state index in [1.165, 1.54) is 250 Å². The van der Waals surface area contributed by atoms with E-state index in [2.05, 4.69) is 67.8 Å². The van der Waals surface area contributed by atoms with E-state index in [4.69, 9.17) is 4.74 Å². The maximum atomic E-state index is 12.5. The van der Waals surface area contributed by atoms with Gasteiger partial charge in [0.1, 0.15) is 0 Å². The second-order valence-electron chi connectivity index (χ2n) is 22.1. The molecule has 1 amide bonds. The maximum Gasteiger partial charge on any atom is 0.305 e. The highest BCUT2D eigenvalue weighted by Gasteiger charge is 2.18. The monoisotopic (exact) mass is 1040 g/mol. The third-order valence-corrected chi connectivity index (χ3v) is 14.8. The molecule has 0 bridgehead atoms. The Kier molecular flexibility index (Phi) is 61.0. The van der Waals surface area contributed by atoms with Crippen LogP contribution in [0.3, 0.4) is 0 Å². The van der Waals surface area contributed by atoms with Crippen molar-refractivity contribution >= 4 is 11.9 Å². The highest BCUT2D eigenvalue weighted by atomic mass is 16.5. The maximum absolute atomic E-state index is 12.5. The molecular formula is C68H125NO5. The zero-order chi connectivity index (χ0) is 53.6. The number of nitrogens with one attached hydrogen (secondary N) is 1. The van der Waals surface area contributed by atoms with Gasteiger partial charge in [0.05, 0.1) is 25.4 Å². The van der Waals surface area contributed by atoms with Crippen molar-refractivity contribution in [2.24, 2.45) is 0 Å². The summed E-state index contributed by atoms with van der Waals surface area (Å²) in [6, 6.07) is -0.634. The molecule has 2 atom stereocenters. The van der Waals surface area contributed by atoms with Crippen LogP contribution in [0.1, 0.15) is 335 Å². The van der Waals surface area contributed by atoms with Crippen molar-refractivity contribution in [2.45, 2.75) is 347 Å². The lowest BCUT2D eigenvalue weighted by Gasteiger charge is -2.20. The third-order valence-electron chi connectivity index (χ3n) is 14.8. The molecule has 432 valence electrons. The van der Waals surface area contributed by atoms with Crippen molar-refractivity contribution in [3.8, 4) is 0 Å². The Morgan fingerprint density at radius 2 is 0.676 bits per heavy atom. The Morgan fingerprint density at radius 1 is 0.378 bits per heavy atom. The summed E-state index contributed by atoms with van der Waals surface area (Å²) in [5.41, 5.74) is 0. The molecule has 3 N–H and O–H groups in total. The normalized spacial score (nSPS) is 13.0. The summed E-state index contributed by atoms with van der Waals surface area (Å²) >= 11 is 0. The number of rotatable bonds is 60. The fourth-order valence-electron chi connectivity index (χ4n) is 9.75. The topological polar surface area (TPSA) is 95.9 Å². The number of ether oxygens (including phenoxy) is 1. The van der Waals surface area contributed by atoms with Gasteiger partial charge in [-0.15, -0.1) is 0 Å². The van der Waals surface area contributed by atoms with Gasteiger partial charge < -0.3 is 20.3 Å². The van der Waals surface area contributed by atoms with Crippen LogP contribution in [0.2, 0.25) is 0 Å². The molecule has 6 heteroatoms. The summed E-state index contributed by atoms with van der Waals surface area (Å²) in [7, 11) is 0. The van der Waals surface area contributed by atoms with Gasteiger partial charge in [0.15, 0.2) is 0 Å². The van der Waals surface area contributed by atoms with Gasteiger partial charge in [-0.2, -0.15) is 0 Å². The molecule has 2 unspecified atom stereocenters. The second kappa shape index (κ2) is 63.1. The molecule has 0 radical (unpaired) electrons. The van der Waals surface area contributed by atoms with Crippen molar-refractivity contribution in [3.63, 3.8) is 0 Å². The van der Waals surface area contributed by atoms with Crippen molar-refractivity contribution in [3.05, 3.63) is 60.8 Å². The van der Waals surface area contributed by atoms with Crippen molar-refractivity contribution in [1.29, 1.82) is 0 Å². The van der Waals surface area contributed by atoms with E-state index in [9.17, 15) is 19.8 Å². The minimum absolute atomic E-state index is 0.00589. The standard InChI is InChI=1S/C68H125NO5/c1-3-5-7-9-11-13-15-17-19-29-33-36-40-44-48-52-56-60-66(71)65(64-70)69-67(72)61-57-53-49-45-41-37-34-30-27-25-23-21-20-22-24-26-28-31-35-39-43-47-51-55-59-63-74-68(73)62-58-54-50-46-42-38-32-18-16-14-12-10-8-6-4-2/h12,14,18,21-24,32,56,60,65-66,70-71H,3-11,13,15-17,19-20,25-31,33-55,57-59,61-64H2,1-2H3,(H,69,72)/b14-12-,23-21-,24-22-,32-18-,60-56+. The Morgan fingerprint density at radius 3 is 1.05 bits per heavy atom. The van der Waals surface area contributed by atoms with E-state index in [1.54, 1.807) is 6.08 Å². The van der Waals surface area contributed by atoms with E-state index < -0.39 is 12.1 Å². The van der Waals surface area contributed by atoms with Crippen LogP contribution in [0.4, 0.5) is 0 Å². The fraction of sp³-hybridized carbons (Fsp3) is 0.824. The summed E-state index contributed by atoms with van der Waals surface area (Å²) in [4.78, 5) is 24.5. The summed E-state index contributed by atoms with van der Waals surface area (Å²) in [5, 5.41) is 23.2. The first kappa shape index (κ1) is 71.6. The number of aliphatic hydroxyl groups excluding tert-OH is 2. The largest absolute Gasteiger partial charge is 0.466 e. The van der Waals surface area contributed by atoms with Crippen molar-refractivity contribution in [2.75, 3.05) is 13.2 Å². The van der Waals surface area contributed by atoms with E-state index >= 15 is 0 Å². The number of amides is 1. The molecule has 0 spiro atoms. The van der Waals surface area contributed by atoms with Gasteiger partial charge in [-0.05, 0) is 96.3 Å². The molecular weight excluding hydrogens is 911 g/mol. The first-order valence-corrected chi connectivity index (χ1v) is 32.6. The quantitative estimate of drug-likeness (QED) is 0.0320. The molecule has 0 aromatic heterocycles. The lowest BCUT2D eigenvalue weighted by molar-refractivity contribution is -0.143. The molecule has 74 heavy (non-hydrogen) atoms. The molecule has 0 aliphatic heterocycles. The van der Waals surface area contributed by atoms with Crippen LogP contribution in [-0.2, 0) is 14.3 Å². The van der Waals surface area contributed by atoms with Crippen LogP contribution in [0, 0.1) is 0 Å². The zero-order valence-electron chi connectivity index (χ0n) is 49.3. The predicted octanol–water partition coefficient (Wildman–Crippen LogP) is 20.7. The lowest BCUT2D eigenvalue weighted by Crippen LogP contribution is -2.45. The highest BCUT2D eigenvalue weighted by molar-refractivity contribution is 5.76. The minimum Gasteiger partial charge on any atom is -0.466 e. The molecule has 0 fully saturated rings. The second-order valence-corrected chi connectivity index (χ2v) is 22.1. The molecule has 0 saturated heterocycles. The van der Waals surface area contributed by atoms with Crippen LogP contribution in [0.25, 0.3) is 0 Å². The first-order chi connectivity index (χ1) is 36.5.